The number of hydrogen-bond acceptors (Lipinski definition) is 3. The summed E-state index contributed by atoms with van der Waals surface area (Å²) in [5.74, 6) is -0.0717. The normalized spacial score (nSPS) is 14.1. The zero-order valence-corrected chi connectivity index (χ0v) is 17.6. The van der Waals surface area contributed by atoms with Gasteiger partial charge in [0.2, 0.25) is 5.91 Å². The van der Waals surface area contributed by atoms with Crippen molar-refractivity contribution in [2.75, 3.05) is 26.2 Å². The van der Waals surface area contributed by atoms with Crippen LogP contribution >= 0.6 is 23.4 Å². The Bertz CT molecular complexity index is 903. The molecule has 1 heterocycles. The lowest BCUT2D eigenvalue weighted by atomic mass is 10.1. The van der Waals surface area contributed by atoms with Gasteiger partial charge in [0.05, 0.1) is 5.02 Å². The molecular formula is C22H23ClN2O2S. The fourth-order valence-electron chi connectivity index (χ4n) is 3.04. The quantitative estimate of drug-likeness (QED) is 0.691. The molecule has 2 aromatic rings. The average molecular weight is 415 g/mol. The van der Waals surface area contributed by atoms with E-state index in [1.165, 1.54) is 5.56 Å². The lowest BCUT2D eigenvalue weighted by Crippen LogP contribution is -2.50. The zero-order chi connectivity index (χ0) is 20.3. The van der Waals surface area contributed by atoms with Gasteiger partial charge < -0.3 is 9.80 Å². The van der Waals surface area contributed by atoms with Crippen molar-refractivity contribution in [1.29, 1.82) is 0 Å². The molecule has 1 aliphatic heterocycles. The lowest BCUT2D eigenvalue weighted by molar-refractivity contribution is -0.135. The van der Waals surface area contributed by atoms with E-state index >= 15 is 0 Å². The molecule has 3 rings (SSSR count). The number of carbonyl (C=O) groups excluding carboxylic acids is 2. The predicted molar refractivity (Wildman–Crippen MR) is 115 cm³/mol. The van der Waals surface area contributed by atoms with E-state index in [-0.39, 0.29) is 11.8 Å². The molecule has 0 bridgehead atoms. The molecule has 1 aliphatic rings. The Morgan fingerprint density at radius 2 is 1.61 bits per heavy atom. The summed E-state index contributed by atoms with van der Waals surface area (Å²) in [5.41, 5.74) is 2.35. The fourth-order valence-corrected chi connectivity index (χ4v) is 4.16. The summed E-state index contributed by atoms with van der Waals surface area (Å²) in [6, 6.07) is 13.9. The van der Waals surface area contributed by atoms with Crippen LogP contribution in [0.5, 0.6) is 0 Å². The molecule has 0 saturated carbocycles. The summed E-state index contributed by atoms with van der Waals surface area (Å²) in [4.78, 5) is 29.7. The van der Waals surface area contributed by atoms with Crippen LogP contribution in [0.2, 0.25) is 5.02 Å². The van der Waals surface area contributed by atoms with Crippen molar-refractivity contribution >= 4 is 40.8 Å². The first-order valence-electron chi connectivity index (χ1n) is 9.13. The molecule has 1 fully saturated rings. The highest BCUT2D eigenvalue weighted by Crippen LogP contribution is 2.35. The Hall–Kier alpha value is -2.24. The molecule has 0 aromatic heterocycles. The van der Waals surface area contributed by atoms with Crippen molar-refractivity contribution < 1.29 is 9.59 Å². The minimum Gasteiger partial charge on any atom is -0.339 e. The van der Waals surface area contributed by atoms with Crippen molar-refractivity contribution in [3.63, 3.8) is 0 Å². The molecular weight excluding hydrogens is 392 g/mol. The molecule has 6 heteroatoms. The van der Waals surface area contributed by atoms with Crippen LogP contribution in [0.25, 0.3) is 5.57 Å². The van der Waals surface area contributed by atoms with E-state index in [0.29, 0.717) is 36.8 Å². The highest BCUT2D eigenvalue weighted by molar-refractivity contribution is 7.99. The van der Waals surface area contributed by atoms with Gasteiger partial charge in [-0.3, -0.25) is 9.59 Å². The van der Waals surface area contributed by atoms with E-state index in [4.69, 9.17) is 11.6 Å². The molecule has 0 aliphatic carbocycles. The van der Waals surface area contributed by atoms with Gasteiger partial charge in [0, 0.05) is 48.5 Å². The summed E-state index contributed by atoms with van der Waals surface area (Å²) in [7, 11) is 0. The fraction of sp³-hybridized carbons (Fsp3) is 0.273. The number of nitrogens with zero attached hydrogens (tertiary/aromatic N) is 2. The third-order valence-electron chi connectivity index (χ3n) is 4.80. The summed E-state index contributed by atoms with van der Waals surface area (Å²) in [6.07, 6.45) is 0. The first-order chi connectivity index (χ1) is 13.3. The summed E-state index contributed by atoms with van der Waals surface area (Å²) in [6.45, 7) is 9.74. The number of rotatable bonds is 4. The summed E-state index contributed by atoms with van der Waals surface area (Å²) < 4.78 is 0. The van der Waals surface area contributed by atoms with E-state index in [2.05, 4.69) is 37.8 Å². The van der Waals surface area contributed by atoms with Crippen LogP contribution in [0.3, 0.4) is 0 Å². The molecule has 0 atom stereocenters. The summed E-state index contributed by atoms with van der Waals surface area (Å²) >= 11 is 8.06. The molecule has 0 unspecified atom stereocenters. The number of carbonyl (C=O) groups is 2. The average Bonchev–Trinajstić information content (AvgIpc) is 2.70. The van der Waals surface area contributed by atoms with Gasteiger partial charge in [0.25, 0.3) is 5.91 Å². The van der Waals surface area contributed by atoms with Crippen LogP contribution in [-0.2, 0) is 9.59 Å². The zero-order valence-electron chi connectivity index (χ0n) is 16.1. The van der Waals surface area contributed by atoms with Crippen molar-refractivity contribution in [1.82, 2.24) is 9.80 Å². The van der Waals surface area contributed by atoms with E-state index in [0.717, 1.165) is 15.4 Å². The number of amides is 2. The second-order valence-corrected chi connectivity index (χ2v) is 8.36. The second kappa shape index (κ2) is 8.84. The first kappa shape index (κ1) is 20.5. The number of halogens is 1. The molecule has 0 radical (unpaired) electrons. The SMILES string of the molecule is C=C(C(=O)N1CCN(C(C)=O)CC1)c1ccc(Sc2ccc(C)cc2)c(Cl)c1. The van der Waals surface area contributed by atoms with Crippen molar-refractivity contribution in [2.45, 2.75) is 23.6 Å². The molecule has 4 nitrogen and oxygen atoms in total. The van der Waals surface area contributed by atoms with Crippen molar-refractivity contribution in [3.8, 4) is 0 Å². The van der Waals surface area contributed by atoms with Gasteiger partial charge in [-0.15, -0.1) is 0 Å². The Labute approximate surface area is 175 Å². The molecule has 1 saturated heterocycles. The van der Waals surface area contributed by atoms with Crippen LogP contribution < -0.4 is 0 Å². The number of hydrogen-bond donors (Lipinski definition) is 0. The van der Waals surface area contributed by atoms with Crippen LogP contribution in [0.4, 0.5) is 0 Å². The maximum absolute atomic E-state index is 12.8. The van der Waals surface area contributed by atoms with Crippen molar-refractivity contribution in [3.05, 3.63) is 65.2 Å². The van der Waals surface area contributed by atoms with Crippen molar-refractivity contribution in [2.24, 2.45) is 0 Å². The van der Waals surface area contributed by atoms with E-state index in [9.17, 15) is 9.59 Å². The Kier molecular flexibility index (Phi) is 6.47. The number of aryl methyl sites for hydroxylation is 1. The second-order valence-electron chi connectivity index (χ2n) is 6.84. The highest BCUT2D eigenvalue weighted by Gasteiger charge is 2.24. The molecule has 28 heavy (non-hydrogen) atoms. The topological polar surface area (TPSA) is 40.6 Å². The van der Waals surface area contributed by atoms with Gasteiger partial charge in [-0.2, -0.15) is 0 Å². The Morgan fingerprint density at radius 3 is 2.18 bits per heavy atom. The molecule has 0 N–H and O–H groups in total. The third kappa shape index (κ3) is 4.78. The van der Waals surface area contributed by atoms with Crippen LogP contribution in [0.15, 0.2) is 58.8 Å². The van der Waals surface area contributed by atoms with Gasteiger partial charge in [0.15, 0.2) is 0 Å². The van der Waals surface area contributed by atoms with Gasteiger partial charge in [0.1, 0.15) is 0 Å². The summed E-state index contributed by atoms with van der Waals surface area (Å²) in [5, 5.41) is 0.596. The standard InChI is InChI=1S/C22H23ClN2O2S/c1-15-4-7-19(8-5-15)28-21-9-6-18(14-20(21)23)16(2)22(27)25-12-10-24(11-13-25)17(3)26/h4-9,14H,2,10-13H2,1,3H3. The molecule has 2 aromatic carbocycles. The monoisotopic (exact) mass is 414 g/mol. The van der Waals surface area contributed by atoms with Crippen LogP contribution in [0.1, 0.15) is 18.1 Å². The number of piperazine rings is 1. The van der Waals surface area contributed by atoms with E-state index in [1.807, 2.05) is 12.1 Å². The lowest BCUT2D eigenvalue weighted by Gasteiger charge is -2.34. The smallest absolute Gasteiger partial charge is 0.253 e. The van der Waals surface area contributed by atoms with Gasteiger partial charge >= 0.3 is 0 Å². The Morgan fingerprint density at radius 1 is 1.00 bits per heavy atom. The van der Waals surface area contributed by atoms with E-state index in [1.54, 1.807) is 34.6 Å². The van der Waals surface area contributed by atoms with Crippen LogP contribution in [-0.4, -0.2) is 47.8 Å². The van der Waals surface area contributed by atoms with E-state index < -0.39 is 0 Å². The highest BCUT2D eigenvalue weighted by atomic mass is 35.5. The maximum atomic E-state index is 12.8. The van der Waals surface area contributed by atoms with Gasteiger partial charge in [-0.05, 0) is 36.8 Å². The van der Waals surface area contributed by atoms with Gasteiger partial charge in [-0.25, -0.2) is 0 Å². The van der Waals surface area contributed by atoms with Gasteiger partial charge in [-0.1, -0.05) is 53.7 Å². The Balaban J connectivity index is 1.67. The third-order valence-corrected chi connectivity index (χ3v) is 6.31. The van der Waals surface area contributed by atoms with Crippen LogP contribution in [0, 0.1) is 6.92 Å². The minimum atomic E-state index is -0.113. The molecule has 2 amide bonds. The minimum absolute atomic E-state index is 0.0411. The maximum Gasteiger partial charge on any atom is 0.253 e. The first-order valence-corrected chi connectivity index (χ1v) is 10.3. The molecule has 0 spiro atoms. The largest absolute Gasteiger partial charge is 0.339 e. The predicted octanol–water partition coefficient (Wildman–Crippen LogP) is 4.50. The molecule has 146 valence electrons. The number of benzene rings is 2.